The van der Waals surface area contributed by atoms with Gasteiger partial charge in [0.25, 0.3) is 0 Å². The van der Waals surface area contributed by atoms with Gasteiger partial charge < -0.3 is 14.7 Å². The average molecular weight is 313 g/mol. The number of carbonyl (C=O) groups is 1. The highest BCUT2D eigenvalue weighted by Gasteiger charge is 2.25. The lowest BCUT2D eigenvalue weighted by molar-refractivity contribution is -0.142. The second-order valence-electron chi connectivity index (χ2n) is 5.61. The molecule has 23 heavy (non-hydrogen) atoms. The average Bonchev–Trinajstić information content (AvgIpc) is 2.62. The van der Waals surface area contributed by atoms with Crippen molar-refractivity contribution in [3.05, 3.63) is 36.4 Å². The highest BCUT2D eigenvalue weighted by Crippen LogP contribution is 2.25. The summed E-state index contributed by atoms with van der Waals surface area (Å²) in [6, 6.07) is 11.5. The molecule has 0 spiro atoms. The number of piperidine rings is 1. The number of ether oxygens (including phenoxy) is 1. The van der Waals surface area contributed by atoms with E-state index < -0.39 is 5.97 Å². The number of carboxylic acid groups (broad SMARTS) is 1. The lowest BCUT2D eigenvalue weighted by Crippen LogP contribution is -2.36. The number of methoxy groups -OCH3 is 1. The van der Waals surface area contributed by atoms with Gasteiger partial charge in [-0.3, -0.25) is 4.79 Å². The summed E-state index contributed by atoms with van der Waals surface area (Å²) in [4.78, 5) is 13.1. The predicted octanol–water partition coefficient (Wildman–Crippen LogP) is 2.45. The topological polar surface area (TPSA) is 75.5 Å². The Balaban J connectivity index is 1.71. The third-order valence-electron chi connectivity index (χ3n) is 4.18. The van der Waals surface area contributed by atoms with Crippen LogP contribution in [0, 0.1) is 5.92 Å². The first-order valence-electron chi connectivity index (χ1n) is 7.63. The van der Waals surface area contributed by atoms with Crippen LogP contribution in [0.5, 0.6) is 5.75 Å². The van der Waals surface area contributed by atoms with Crippen LogP contribution in [0.1, 0.15) is 12.8 Å². The molecule has 2 heterocycles. The van der Waals surface area contributed by atoms with Crippen molar-refractivity contribution in [2.24, 2.45) is 5.92 Å². The van der Waals surface area contributed by atoms with E-state index in [-0.39, 0.29) is 5.92 Å². The Labute approximate surface area is 134 Å². The zero-order chi connectivity index (χ0) is 16.2. The molecule has 0 bridgehead atoms. The van der Waals surface area contributed by atoms with E-state index in [1.807, 2.05) is 36.4 Å². The first kappa shape index (κ1) is 15.3. The standard InChI is InChI=1S/C17H19N3O3/c1-23-14-4-2-3-13(11-14)15-5-6-16(19-18-15)20-9-7-12(8-10-20)17(21)22/h2-6,11-12H,7-10H2,1H3,(H,21,22). The van der Waals surface area contributed by atoms with Crippen molar-refractivity contribution in [2.45, 2.75) is 12.8 Å². The Morgan fingerprint density at radius 3 is 2.61 bits per heavy atom. The molecular formula is C17H19N3O3. The van der Waals surface area contributed by atoms with Gasteiger partial charge in [0.1, 0.15) is 5.75 Å². The van der Waals surface area contributed by atoms with Crippen LogP contribution in [-0.2, 0) is 4.79 Å². The fourth-order valence-electron chi connectivity index (χ4n) is 2.79. The molecular weight excluding hydrogens is 294 g/mol. The normalized spacial score (nSPS) is 15.4. The Bertz CT molecular complexity index is 680. The second-order valence-corrected chi connectivity index (χ2v) is 5.61. The van der Waals surface area contributed by atoms with Crippen molar-refractivity contribution in [3.63, 3.8) is 0 Å². The number of aromatic nitrogens is 2. The van der Waals surface area contributed by atoms with Crippen LogP contribution in [0.15, 0.2) is 36.4 Å². The van der Waals surface area contributed by atoms with Crippen molar-refractivity contribution in [2.75, 3.05) is 25.1 Å². The zero-order valence-electron chi connectivity index (χ0n) is 13.0. The molecule has 1 saturated heterocycles. The first-order valence-corrected chi connectivity index (χ1v) is 7.63. The lowest BCUT2D eigenvalue weighted by Gasteiger charge is -2.30. The molecule has 1 fully saturated rings. The zero-order valence-corrected chi connectivity index (χ0v) is 13.0. The van der Waals surface area contributed by atoms with Crippen LogP contribution in [0.4, 0.5) is 5.82 Å². The molecule has 6 heteroatoms. The molecule has 1 aliphatic rings. The fraction of sp³-hybridized carbons (Fsp3) is 0.353. The van der Waals surface area contributed by atoms with Gasteiger partial charge in [0.2, 0.25) is 0 Å². The number of anilines is 1. The third-order valence-corrected chi connectivity index (χ3v) is 4.18. The highest BCUT2D eigenvalue weighted by molar-refractivity contribution is 5.70. The molecule has 0 amide bonds. The van der Waals surface area contributed by atoms with Crippen LogP contribution in [-0.4, -0.2) is 41.5 Å². The molecule has 120 valence electrons. The highest BCUT2D eigenvalue weighted by atomic mass is 16.5. The molecule has 0 radical (unpaired) electrons. The molecule has 6 nitrogen and oxygen atoms in total. The number of nitrogens with zero attached hydrogens (tertiary/aromatic N) is 3. The molecule has 1 aromatic carbocycles. The van der Waals surface area contributed by atoms with Gasteiger partial charge >= 0.3 is 5.97 Å². The van der Waals surface area contributed by atoms with E-state index in [2.05, 4.69) is 15.1 Å². The Morgan fingerprint density at radius 1 is 1.22 bits per heavy atom. The van der Waals surface area contributed by atoms with Crippen molar-refractivity contribution < 1.29 is 14.6 Å². The lowest BCUT2D eigenvalue weighted by atomic mass is 9.97. The Kier molecular flexibility index (Phi) is 4.41. The summed E-state index contributed by atoms with van der Waals surface area (Å²) >= 11 is 0. The molecule has 0 atom stereocenters. The van der Waals surface area contributed by atoms with Crippen LogP contribution in [0.25, 0.3) is 11.3 Å². The number of aliphatic carboxylic acids is 1. The van der Waals surface area contributed by atoms with Crippen molar-refractivity contribution in [1.29, 1.82) is 0 Å². The maximum Gasteiger partial charge on any atom is 0.306 e. The summed E-state index contributed by atoms with van der Waals surface area (Å²) in [6.07, 6.45) is 1.29. The SMILES string of the molecule is COc1cccc(-c2ccc(N3CCC(C(=O)O)CC3)nn2)c1. The largest absolute Gasteiger partial charge is 0.497 e. The molecule has 0 saturated carbocycles. The van der Waals surface area contributed by atoms with E-state index in [9.17, 15) is 4.79 Å². The van der Waals surface area contributed by atoms with E-state index in [4.69, 9.17) is 9.84 Å². The number of hydrogen-bond acceptors (Lipinski definition) is 5. The van der Waals surface area contributed by atoms with Gasteiger partial charge in [0, 0.05) is 18.7 Å². The quantitative estimate of drug-likeness (QED) is 0.934. The van der Waals surface area contributed by atoms with E-state index in [0.717, 1.165) is 22.8 Å². The van der Waals surface area contributed by atoms with E-state index in [1.165, 1.54) is 0 Å². The molecule has 1 N–H and O–H groups in total. The van der Waals surface area contributed by atoms with Crippen LogP contribution >= 0.6 is 0 Å². The van der Waals surface area contributed by atoms with E-state index in [1.54, 1.807) is 7.11 Å². The number of hydrogen-bond donors (Lipinski definition) is 1. The predicted molar refractivity (Wildman–Crippen MR) is 86.6 cm³/mol. The van der Waals surface area contributed by atoms with Crippen LogP contribution < -0.4 is 9.64 Å². The molecule has 3 rings (SSSR count). The van der Waals surface area contributed by atoms with Crippen LogP contribution in [0.2, 0.25) is 0 Å². The minimum absolute atomic E-state index is 0.240. The minimum atomic E-state index is -0.705. The van der Waals surface area contributed by atoms with Gasteiger partial charge in [0.15, 0.2) is 5.82 Å². The number of benzene rings is 1. The van der Waals surface area contributed by atoms with Gasteiger partial charge in [-0.1, -0.05) is 12.1 Å². The van der Waals surface area contributed by atoms with Crippen molar-refractivity contribution in [1.82, 2.24) is 10.2 Å². The summed E-state index contributed by atoms with van der Waals surface area (Å²) in [5.41, 5.74) is 1.74. The minimum Gasteiger partial charge on any atom is -0.497 e. The number of rotatable bonds is 4. The van der Waals surface area contributed by atoms with Gasteiger partial charge in [-0.25, -0.2) is 0 Å². The van der Waals surface area contributed by atoms with Crippen LogP contribution in [0.3, 0.4) is 0 Å². The third kappa shape index (κ3) is 3.41. The molecule has 2 aromatic rings. The molecule has 1 aliphatic heterocycles. The molecule has 0 unspecified atom stereocenters. The number of carboxylic acids is 1. The van der Waals surface area contributed by atoms with Gasteiger partial charge in [0.05, 0.1) is 18.7 Å². The maximum atomic E-state index is 11.0. The summed E-state index contributed by atoms with van der Waals surface area (Å²) < 4.78 is 5.22. The summed E-state index contributed by atoms with van der Waals surface area (Å²) in [7, 11) is 1.63. The fourth-order valence-corrected chi connectivity index (χ4v) is 2.79. The monoisotopic (exact) mass is 313 g/mol. The summed E-state index contributed by atoms with van der Waals surface area (Å²) in [5.74, 6) is 0.629. The van der Waals surface area contributed by atoms with Crippen molar-refractivity contribution >= 4 is 11.8 Å². The molecule has 0 aliphatic carbocycles. The van der Waals surface area contributed by atoms with E-state index in [0.29, 0.717) is 25.9 Å². The first-order chi connectivity index (χ1) is 11.2. The van der Waals surface area contributed by atoms with E-state index >= 15 is 0 Å². The Morgan fingerprint density at radius 2 is 2.00 bits per heavy atom. The summed E-state index contributed by atoms with van der Waals surface area (Å²) in [6.45, 7) is 1.40. The maximum absolute atomic E-state index is 11.0. The van der Waals surface area contributed by atoms with Gasteiger partial charge in [-0.05, 0) is 37.1 Å². The smallest absolute Gasteiger partial charge is 0.306 e. The van der Waals surface area contributed by atoms with Gasteiger partial charge in [-0.2, -0.15) is 0 Å². The summed E-state index contributed by atoms with van der Waals surface area (Å²) in [5, 5.41) is 17.6. The van der Waals surface area contributed by atoms with Crippen molar-refractivity contribution in [3.8, 4) is 17.0 Å². The van der Waals surface area contributed by atoms with Gasteiger partial charge in [-0.15, -0.1) is 10.2 Å². The Hall–Kier alpha value is -2.63. The molecule has 1 aromatic heterocycles. The second kappa shape index (κ2) is 6.64.